The van der Waals surface area contributed by atoms with Crippen molar-refractivity contribution in [1.29, 1.82) is 0 Å². The summed E-state index contributed by atoms with van der Waals surface area (Å²) < 4.78 is 0. The maximum absolute atomic E-state index is 12.1. The van der Waals surface area contributed by atoms with Crippen LogP contribution in [-0.2, 0) is 11.2 Å². The molecular formula is C17H21ClN2O2. The highest BCUT2D eigenvalue weighted by molar-refractivity contribution is 5.90. The minimum absolute atomic E-state index is 0. The van der Waals surface area contributed by atoms with Gasteiger partial charge in [0.05, 0.1) is 12.5 Å². The monoisotopic (exact) mass is 320 g/mol. The van der Waals surface area contributed by atoms with Crippen molar-refractivity contribution in [1.82, 2.24) is 10.6 Å². The number of nitrogens with one attached hydrogen (secondary N) is 2. The van der Waals surface area contributed by atoms with Crippen molar-refractivity contribution in [3.63, 3.8) is 0 Å². The number of aliphatic hydroxyl groups is 1. The maximum Gasteiger partial charge on any atom is 0.224 e. The van der Waals surface area contributed by atoms with Crippen molar-refractivity contribution >= 4 is 29.1 Å². The summed E-state index contributed by atoms with van der Waals surface area (Å²) in [5.74, 6) is 0.118. The summed E-state index contributed by atoms with van der Waals surface area (Å²) >= 11 is 0. The van der Waals surface area contributed by atoms with E-state index in [0.29, 0.717) is 19.5 Å². The quantitative estimate of drug-likeness (QED) is 0.800. The summed E-state index contributed by atoms with van der Waals surface area (Å²) in [7, 11) is 0. The molecule has 0 spiro atoms. The van der Waals surface area contributed by atoms with Crippen LogP contribution in [-0.4, -0.2) is 36.8 Å². The molecule has 2 aromatic rings. The van der Waals surface area contributed by atoms with Gasteiger partial charge in [-0.1, -0.05) is 42.5 Å². The Bertz CT molecular complexity index is 642. The van der Waals surface area contributed by atoms with Crippen LogP contribution < -0.4 is 10.6 Å². The third-order valence-corrected chi connectivity index (χ3v) is 4.10. The zero-order valence-electron chi connectivity index (χ0n) is 12.3. The zero-order valence-corrected chi connectivity index (χ0v) is 13.1. The van der Waals surface area contributed by atoms with Crippen LogP contribution in [0.15, 0.2) is 42.5 Å². The number of rotatable bonds is 4. The molecule has 1 saturated heterocycles. The lowest BCUT2D eigenvalue weighted by molar-refractivity contribution is -0.120. The number of hydrogen-bond donors (Lipinski definition) is 3. The van der Waals surface area contributed by atoms with E-state index in [9.17, 15) is 9.90 Å². The minimum Gasteiger partial charge on any atom is -0.391 e. The van der Waals surface area contributed by atoms with Gasteiger partial charge >= 0.3 is 0 Å². The van der Waals surface area contributed by atoms with Crippen molar-refractivity contribution in [2.75, 3.05) is 19.6 Å². The van der Waals surface area contributed by atoms with Gasteiger partial charge in [-0.25, -0.2) is 0 Å². The summed E-state index contributed by atoms with van der Waals surface area (Å²) in [5, 5.41) is 18.0. The second-order valence-electron chi connectivity index (χ2n) is 5.60. The first-order valence-electron chi connectivity index (χ1n) is 7.36. The molecule has 118 valence electrons. The molecule has 2 aromatic carbocycles. The van der Waals surface area contributed by atoms with Gasteiger partial charge in [0.25, 0.3) is 0 Å². The molecule has 0 aromatic heterocycles. The van der Waals surface area contributed by atoms with E-state index >= 15 is 0 Å². The molecule has 0 saturated carbocycles. The Morgan fingerprint density at radius 2 is 1.95 bits per heavy atom. The standard InChI is InChI=1S/C17H20N2O2.ClH/c20-16-11-18-9-14(16)10-19-17(21)8-13-6-3-5-12-4-1-2-7-15(12)13;/h1-7,14,16,18,20H,8-11H2,(H,19,21);1H. The van der Waals surface area contributed by atoms with E-state index in [0.717, 1.165) is 22.9 Å². The average Bonchev–Trinajstić information content (AvgIpc) is 2.91. The zero-order chi connectivity index (χ0) is 14.7. The summed E-state index contributed by atoms with van der Waals surface area (Å²) in [4.78, 5) is 12.1. The number of benzene rings is 2. The number of halogens is 1. The van der Waals surface area contributed by atoms with Crippen LogP contribution >= 0.6 is 12.4 Å². The van der Waals surface area contributed by atoms with E-state index in [-0.39, 0.29) is 30.3 Å². The SMILES string of the molecule is Cl.O=C(Cc1cccc2ccccc12)NCC1CNCC1O. The lowest BCUT2D eigenvalue weighted by Crippen LogP contribution is -2.35. The smallest absolute Gasteiger partial charge is 0.224 e. The maximum atomic E-state index is 12.1. The van der Waals surface area contributed by atoms with Gasteiger partial charge in [0.15, 0.2) is 0 Å². The number of carbonyl (C=O) groups is 1. The molecule has 3 rings (SSSR count). The largest absolute Gasteiger partial charge is 0.391 e. The molecule has 1 fully saturated rings. The van der Waals surface area contributed by atoms with Crippen LogP contribution in [0.1, 0.15) is 5.56 Å². The average molecular weight is 321 g/mol. The molecule has 1 aliphatic heterocycles. The molecule has 0 bridgehead atoms. The Balaban J connectivity index is 0.00000176. The number of amides is 1. The normalized spacial score (nSPS) is 20.6. The lowest BCUT2D eigenvalue weighted by Gasteiger charge is -2.14. The van der Waals surface area contributed by atoms with Crippen molar-refractivity contribution < 1.29 is 9.90 Å². The van der Waals surface area contributed by atoms with Crippen molar-refractivity contribution in [3.8, 4) is 0 Å². The van der Waals surface area contributed by atoms with Crippen LogP contribution in [0.3, 0.4) is 0 Å². The molecule has 2 atom stereocenters. The Morgan fingerprint density at radius 3 is 2.73 bits per heavy atom. The van der Waals surface area contributed by atoms with E-state index in [4.69, 9.17) is 0 Å². The summed E-state index contributed by atoms with van der Waals surface area (Å²) in [6.07, 6.45) is 0.0141. The molecular weight excluding hydrogens is 300 g/mol. The van der Waals surface area contributed by atoms with Gasteiger partial charge in [-0.05, 0) is 16.3 Å². The first-order valence-corrected chi connectivity index (χ1v) is 7.36. The van der Waals surface area contributed by atoms with Crippen molar-refractivity contribution in [3.05, 3.63) is 48.0 Å². The third kappa shape index (κ3) is 3.77. The van der Waals surface area contributed by atoms with Crippen LogP contribution in [0, 0.1) is 5.92 Å². The molecule has 1 heterocycles. The van der Waals surface area contributed by atoms with Gasteiger partial charge in [-0.15, -0.1) is 12.4 Å². The highest BCUT2D eigenvalue weighted by Gasteiger charge is 2.24. The van der Waals surface area contributed by atoms with Gasteiger partial charge in [-0.3, -0.25) is 4.79 Å². The molecule has 22 heavy (non-hydrogen) atoms. The van der Waals surface area contributed by atoms with Crippen molar-refractivity contribution in [2.45, 2.75) is 12.5 Å². The number of hydrogen-bond acceptors (Lipinski definition) is 3. The molecule has 3 N–H and O–H groups in total. The first-order chi connectivity index (χ1) is 10.2. The fraction of sp³-hybridized carbons (Fsp3) is 0.353. The first kappa shape index (κ1) is 16.7. The Kier molecular flexibility index (Phi) is 5.77. The van der Waals surface area contributed by atoms with Gasteiger partial charge in [0.2, 0.25) is 5.91 Å². The van der Waals surface area contributed by atoms with Gasteiger partial charge in [0, 0.05) is 25.6 Å². The van der Waals surface area contributed by atoms with E-state index in [1.807, 2.05) is 30.3 Å². The third-order valence-electron chi connectivity index (χ3n) is 4.10. The molecule has 0 radical (unpaired) electrons. The molecule has 4 nitrogen and oxygen atoms in total. The Labute approximate surface area is 136 Å². The van der Waals surface area contributed by atoms with Crippen LogP contribution in [0.4, 0.5) is 0 Å². The second kappa shape index (κ2) is 7.58. The highest BCUT2D eigenvalue weighted by atomic mass is 35.5. The molecule has 5 heteroatoms. The number of aliphatic hydroxyl groups excluding tert-OH is 1. The number of fused-ring (bicyclic) bond motifs is 1. The molecule has 1 aliphatic rings. The van der Waals surface area contributed by atoms with E-state index in [1.54, 1.807) is 0 Å². The van der Waals surface area contributed by atoms with Gasteiger partial charge < -0.3 is 15.7 Å². The van der Waals surface area contributed by atoms with E-state index < -0.39 is 0 Å². The highest BCUT2D eigenvalue weighted by Crippen LogP contribution is 2.18. The predicted octanol–water partition coefficient (Wildman–Crippen LogP) is 1.50. The Hall–Kier alpha value is -1.62. The summed E-state index contributed by atoms with van der Waals surface area (Å²) in [6, 6.07) is 14.1. The van der Waals surface area contributed by atoms with E-state index in [1.165, 1.54) is 0 Å². The Morgan fingerprint density at radius 1 is 1.18 bits per heavy atom. The summed E-state index contributed by atoms with van der Waals surface area (Å²) in [5.41, 5.74) is 1.04. The fourth-order valence-electron chi connectivity index (χ4n) is 2.85. The van der Waals surface area contributed by atoms with Crippen LogP contribution in [0.5, 0.6) is 0 Å². The number of β-amino-alcohol motifs (C(OH)–C–C–N with tert-alkyl or cyclic N) is 1. The van der Waals surface area contributed by atoms with Gasteiger partial charge in [0.1, 0.15) is 0 Å². The summed E-state index contributed by atoms with van der Waals surface area (Å²) in [6.45, 7) is 1.90. The lowest BCUT2D eigenvalue weighted by atomic mass is 10.0. The van der Waals surface area contributed by atoms with Crippen LogP contribution in [0.25, 0.3) is 10.8 Å². The molecule has 2 unspecified atom stereocenters. The second-order valence-corrected chi connectivity index (χ2v) is 5.60. The fourth-order valence-corrected chi connectivity index (χ4v) is 2.85. The molecule has 1 amide bonds. The minimum atomic E-state index is -0.358. The van der Waals surface area contributed by atoms with E-state index in [2.05, 4.69) is 22.8 Å². The number of carbonyl (C=O) groups excluding carboxylic acids is 1. The van der Waals surface area contributed by atoms with Crippen LogP contribution in [0.2, 0.25) is 0 Å². The van der Waals surface area contributed by atoms with Crippen molar-refractivity contribution in [2.24, 2.45) is 5.92 Å². The van der Waals surface area contributed by atoms with Gasteiger partial charge in [-0.2, -0.15) is 0 Å². The predicted molar refractivity (Wildman–Crippen MR) is 90.3 cm³/mol. The topological polar surface area (TPSA) is 61.4 Å². The molecule has 0 aliphatic carbocycles.